The van der Waals surface area contributed by atoms with Gasteiger partial charge in [0.2, 0.25) is 0 Å². The van der Waals surface area contributed by atoms with Crippen molar-refractivity contribution in [1.82, 2.24) is 14.7 Å². The highest BCUT2D eigenvalue weighted by Crippen LogP contribution is 2.37. The van der Waals surface area contributed by atoms with E-state index in [1.165, 1.54) is 51.6 Å². The molecule has 1 fully saturated rings. The Bertz CT molecular complexity index is 1390. The number of ether oxygens (including phenoxy) is 1. The van der Waals surface area contributed by atoms with E-state index in [0.29, 0.717) is 6.04 Å². The molecule has 0 radical (unpaired) electrons. The number of rotatable bonds is 5. The van der Waals surface area contributed by atoms with Gasteiger partial charge in [-0.1, -0.05) is 30.3 Å². The van der Waals surface area contributed by atoms with Gasteiger partial charge in [-0.05, 0) is 84.5 Å². The number of aryl methyl sites for hydroxylation is 2. The smallest absolute Gasteiger partial charge is 0.0840 e. The van der Waals surface area contributed by atoms with Gasteiger partial charge in [0, 0.05) is 55.7 Å². The topological polar surface area (TPSA) is 33.5 Å². The van der Waals surface area contributed by atoms with Crippen molar-refractivity contribution in [3.05, 3.63) is 89.2 Å². The van der Waals surface area contributed by atoms with E-state index in [9.17, 15) is 0 Å². The third-order valence-electron chi connectivity index (χ3n) is 8.57. The summed E-state index contributed by atoms with van der Waals surface area (Å²) in [4.78, 5) is 5.28. The van der Waals surface area contributed by atoms with Gasteiger partial charge in [-0.3, -0.25) is 4.90 Å². The molecule has 184 valence electrons. The normalized spacial score (nSPS) is 21.8. The first-order valence-corrected chi connectivity index (χ1v) is 13.5. The molecule has 3 aliphatic rings. The number of piperazine rings is 1. The summed E-state index contributed by atoms with van der Waals surface area (Å²) in [6, 6.07) is 20.8. The molecule has 1 saturated heterocycles. The zero-order valence-electron chi connectivity index (χ0n) is 21.1. The summed E-state index contributed by atoms with van der Waals surface area (Å²) in [5.41, 5.74) is 8.37. The molecule has 0 spiro atoms. The molecule has 4 aromatic rings. The minimum atomic E-state index is 0.183. The zero-order valence-corrected chi connectivity index (χ0v) is 21.1. The lowest BCUT2D eigenvalue weighted by atomic mass is 9.94. The van der Waals surface area contributed by atoms with E-state index in [1.807, 2.05) is 23.1 Å². The fraction of sp³-hybridized carbons (Fsp3) is 0.387. The second-order valence-electron chi connectivity index (χ2n) is 10.6. The van der Waals surface area contributed by atoms with E-state index < -0.39 is 0 Å². The third kappa shape index (κ3) is 3.82. The van der Waals surface area contributed by atoms with Gasteiger partial charge in [0.05, 0.1) is 18.4 Å². The third-order valence-corrected chi connectivity index (χ3v) is 8.57. The van der Waals surface area contributed by atoms with E-state index in [4.69, 9.17) is 4.74 Å². The molecule has 0 saturated carbocycles. The molecule has 0 bridgehead atoms. The second-order valence-corrected chi connectivity index (χ2v) is 10.6. The molecular formula is C31H34N4O. The summed E-state index contributed by atoms with van der Waals surface area (Å²) in [6.07, 6.45) is 8.42. The summed E-state index contributed by atoms with van der Waals surface area (Å²) < 4.78 is 8.21. The minimum absolute atomic E-state index is 0.183. The van der Waals surface area contributed by atoms with Gasteiger partial charge in [0.15, 0.2) is 0 Å². The maximum atomic E-state index is 6.27. The van der Waals surface area contributed by atoms with E-state index >= 15 is 0 Å². The van der Waals surface area contributed by atoms with Crippen LogP contribution in [0.5, 0.6) is 0 Å². The average Bonchev–Trinajstić information content (AvgIpc) is 3.60. The Hall–Kier alpha value is -3.15. The van der Waals surface area contributed by atoms with Crippen LogP contribution in [0, 0.1) is 0 Å². The zero-order chi connectivity index (χ0) is 24.1. The van der Waals surface area contributed by atoms with Crippen molar-refractivity contribution in [1.29, 1.82) is 0 Å². The van der Waals surface area contributed by atoms with E-state index in [2.05, 4.69) is 70.4 Å². The average molecular weight is 479 g/mol. The molecule has 0 amide bonds. The fourth-order valence-corrected chi connectivity index (χ4v) is 6.66. The SMILES string of the molecule is C[C@@H]1CN(c2ccc3c4c(cccc24)CC3)CCN1CC[C@@H]1OCCc2cc(-n3cccn3)ccc21. The molecular weight excluding hydrogens is 444 g/mol. The molecule has 3 aromatic carbocycles. The molecule has 1 aromatic heterocycles. The van der Waals surface area contributed by atoms with Gasteiger partial charge < -0.3 is 9.64 Å². The first-order chi connectivity index (χ1) is 17.7. The van der Waals surface area contributed by atoms with Gasteiger partial charge >= 0.3 is 0 Å². The van der Waals surface area contributed by atoms with Crippen LogP contribution >= 0.6 is 0 Å². The first kappa shape index (κ1) is 22.1. The Labute approximate surface area is 213 Å². The maximum absolute atomic E-state index is 6.27. The quantitative estimate of drug-likeness (QED) is 0.388. The number of nitrogens with zero attached hydrogens (tertiary/aromatic N) is 4. The van der Waals surface area contributed by atoms with Crippen LogP contribution in [0.25, 0.3) is 16.5 Å². The number of hydrogen-bond donors (Lipinski definition) is 0. The molecule has 0 unspecified atom stereocenters. The van der Waals surface area contributed by atoms with Crippen LogP contribution in [-0.2, 0) is 24.0 Å². The number of fused-ring (bicyclic) bond motifs is 1. The Morgan fingerprint density at radius 3 is 2.72 bits per heavy atom. The summed E-state index contributed by atoms with van der Waals surface area (Å²) in [6.45, 7) is 7.52. The summed E-state index contributed by atoms with van der Waals surface area (Å²) in [5, 5.41) is 7.36. The molecule has 36 heavy (non-hydrogen) atoms. The molecule has 5 heteroatoms. The van der Waals surface area contributed by atoms with Crippen molar-refractivity contribution in [2.24, 2.45) is 0 Å². The maximum Gasteiger partial charge on any atom is 0.0840 e. The van der Waals surface area contributed by atoms with E-state index in [-0.39, 0.29) is 6.10 Å². The molecule has 2 atom stereocenters. The lowest BCUT2D eigenvalue weighted by Crippen LogP contribution is -2.52. The van der Waals surface area contributed by atoms with Crippen LogP contribution in [-0.4, -0.2) is 53.5 Å². The molecule has 0 N–H and O–H groups in total. The summed E-state index contributed by atoms with van der Waals surface area (Å²) >= 11 is 0. The van der Waals surface area contributed by atoms with E-state index in [1.54, 1.807) is 0 Å². The van der Waals surface area contributed by atoms with Crippen LogP contribution in [0.1, 0.15) is 41.7 Å². The van der Waals surface area contributed by atoms with Crippen molar-refractivity contribution in [2.75, 3.05) is 37.7 Å². The van der Waals surface area contributed by atoms with Crippen molar-refractivity contribution < 1.29 is 4.74 Å². The molecule has 7 rings (SSSR count). The van der Waals surface area contributed by atoms with Crippen molar-refractivity contribution in [3.63, 3.8) is 0 Å². The number of benzene rings is 3. The Morgan fingerprint density at radius 1 is 0.944 bits per heavy atom. The molecule has 3 heterocycles. The monoisotopic (exact) mass is 478 g/mol. The van der Waals surface area contributed by atoms with Crippen LogP contribution in [0.2, 0.25) is 0 Å². The van der Waals surface area contributed by atoms with Crippen molar-refractivity contribution in [3.8, 4) is 5.69 Å². The second kappa shape index (κ2) is 9.06. The summed E-state index contributed by atoms with van der Waals surface area (Å²) in [7, 11) is 0. The largest absolute Gasteiger partial charge is 0.373 e. The Kier molecular flexibility index (Phi) is 5.55. The minimum Gasteiger partial charge on any atom is -0.373 e. The first-order valence-electron chi connectivity index (χ1n) is 13.5. The van der Waals surface area contributed by atoms with Crippen LogP contribution in [0.4, 0.5) is 5.69 Å². The van der Waals surface area contributed by atoms with Crippen LogP contribution < -0.4 is 4.90 Å². The number of anilines is 1. The van der Waals surface area contributed by atoms with Crippen LogP contribution in [0.3, 0.4) is 0 Å². The fourth-order valence-electron chi connectivity index (χ4n) is 6.66. The number of aromatic nitrogens is 2. The van der Waals surface area contributed by atoms with Crippen LogP contribution in [0.15, 0.2) is 67.0 Å². The van der Waals surface area contributed by atoms with Gasteiger partial charge in [-0.25, -0.2) is 4.68 Å². The summed E-state index contributed by atoms with van der Waals surface area (Å²) in [5.74, 6) is 0. The highest BCUT2D eigenvalue weighted by atomic mass is 16.5. The van der Waals surface area contributed by atoms with Gasteiger partial charge in [0.25, 0.3) is 0 Å². The van der Waals surface area contributed by atoms with Gasteiger partial charge in [-0.2, -0.15) is 5.10 Å². The standard InChI is InChI=1S/C31H34N4O/c1-22-21-34(29-11-8-24-7-6-23-4-2-5-28(29)31(23)24)18-17-33(22)16-12-30-27-10-9-26(35-15-3-14-32-35)20-25(27)13-19-36-30/h2-5,8-11,14-15,20,22,30H,6-7,12-13,16-19,21H2,1H3/t22-,30+/m1/s1. The molecule has 2 aliphatic heterocycles. The van der Waals surface area contributed by atoms with Gasteiger partial charge in [-0.15, -0.1) is 0 Å². The number of hydrogen-bond acceptors (Lipinski definition) is 4. The lowest BCUT2D eigenvalue weighted by Gasteiger charge is -2.42. The predicted molar refractivity (Wildman–Crippen MR) is 145 cm³/mol. The highest BCUT2D eigenvalue weighted by Gasteiger charge is 2.28. The van der Waals surface area contributed by atoms with E-state index in [0.717, 1.165) is 51.3 Å². The Balaban J connectivity index is 1.03. The lowest BCUT2D eigenvalue weighted by molar-refractivity contribution is 0.0255. The Morgan fingerprint density at radius 2 is 1.86 bits per heavy atom. The molecule has 1 aliphatic carbocycles. The van der Waals surface area contributed by atoms with Gasteiger partial charge in [0.1, 0.15) is 0 Å². The van der Waals surface area contributed by atoms with Crippen molar-refractivity contribution in [2.45, 2.75) is 44.8 Å². The predicted octanol–water partition coefficient (Wildman–Crippen LogP) is 5.34. The molecule has 5 nitrogen and oxygen atoms in total. The van der Waals surface area contributed by atoms with Crippen molar-refractivity contribution >= 4 is 16.5 Å². The highest BCUT2D eigenvalue weighted by molar-refractivity contribution is 5.99.